The molecule has 2 amide bonds. The molecule has 2 unspecified atom stereocenters. The third-order valence-corrected chi connectivity index (χ3v) is 6.09. The number of hydrogen-bond acceptors (Lipinski definition) is 4. The van der Waals surface area contributed by atoms with E-state index in [0.717, 1.165) is 35.1 Å². The molecule has 2 aromatic carbocycles. The van der Waals surface area contributed by atoms with Gasteiger partial charge in [-0.2, -0.15) is 0 Å². The van der Waals surface area contributed by atoms with Crippen molar-refractivity contribution >= 4 is 18.0 Å². The minimum absolute atomic E-state index is 0.0000949. The van der Waals surface area contributed by atoms with Crippen LogP contribution in [0.2, 0.25) is 0 Å². The third-order valence-electron chi connectivity index (χ3n) is 6.09. The van der Waals surface area contributed by atoms with E-state index < -0.39 is 30.1 Å². The lowest BCUT2D eigenvalue weighted by Gasteiger charge is -2.21. The number of carbonyl (C=O) groups excluding carboxylic acids is 2. The second kappa shape index (κ2) is 9.78. The van der Waals surface area contributed by atoms with Crippen molar-refractivity contribution in [3.63, 3.8) is 0 Å². The van der Waals surface area contributed by atoms with Gasteiger partial charge in [-0.15, -0.1) is 11.8 Å². The van der Waals surface area contributed by atoms with Crippen molar-refractivity contribution < 1.29 is 24.2 Å². The van der Waals surface area contributed by atoms with E-state index in [1.165, 1.54) is 0 Å². The van der Waals surface area contributed by atoms with E-state index in [9.17, 15) is 19.5 Å². The van der Waals surface area contributed by atoms with Crippen molar-refractivity contribution in [2.45, 2.75) is 44.2 Å². The van der Waals surface area contributed by atoms with Gasteiger partial charge in [0.2, 0.25) is 5.91 Å². The number of rotatable bonds is 8. The molecule has 4 rings (SSSR count). The van der Waals surface area contributed by atoms with E-state index in [2.05, 4.69) is 34.6 Å². The first kappa shape index (κ1) is 22.4. The lowest BCUT2D eigenvalue weighted by atomic mass is 9.98. The maximum atomic E-state index is 12.7. The zero-order chi connectivity index (χ0) is 23.4. The van der Waals surface area contributed by atoms with Crippen molar-refractivity contribution in [2.24, 2.45) is 5.92 Å². The molecule has 0 radical (unpaired) electrons. The summed E-state index contributed by atoms with van der Waals surface area (Å²) in [6, 6.07) is 14.1. The highest BCUT2D eigenvalue weighted by Gasteiger charge is 2.39. The molecule has 1 fully saturated rings. The molecule has 0 heterocycles. The van der Waals surface area contributed by atoms with Crippen LogP contribution in [-0.4, -0.2) is 41.8 Å². The Morgan fingerprint density at radius 2 is 1.64 bits per heavy atom. The maximum absolute atomic E-state index is 12.7. The summed E-state index contributed by atoms with van der Waals surface area (Å²) < 4.78 is 5.55. The molecule has 3 N–H and O–H groups in total. The van der Waals surface area contributed by atoms with Gasteiger partial charge >= 0.3 is 12.1 Å². The van der Waals surface area contributed by atoms with Gasteiger partial charge in [0.25, 0.3) is 0 Å². The van der Waals surface area contributed by atoms with Crippen LogP contribution in [0.5, 0.6) is 0 Å². The fraction of sp³-hybridized carbons (Fsp3) is 0.346. The van der Waals surface area contributed by atoms with Crippen LogP contribution in [0.25, 0.3) is 11.1 Å². The standard InChI is InChI=1S/C26H26N2O5/c1-2-3-12-22(25(30)31)27-24(29)23(16-13-14-16)28-26(32)33-15-21-19-10-6-4-8-17(19)18-9-5-7-11-20(18)21/h4-11,16,21-23H,12-15H2,1H3,(H,27,29)(H,28,32)(H,30,31). The Labute approximate surface area is 192 Å². The molecule has 33 heavy (non-hydrogen) atoms. The fourth-order valence-corrected chi connectivity index (χ4v) is 4.26. The molecule has 0 spiro atoms. The number of carboxylic acid groups (broad SMARTS) is 1. The summed E-state index contributed by atoms with van der Waals surface area (Å²) in [6.07, 6.45) is 0.881. The van der Waals surface area contributed by atoms with Crippen LogP contribution in [0.4, 0.5) is 4.79 Å². The Balaban J connectivity index is 1.40. The summed E-state index contributed by atoms with van der Waals surface area (Å²) in [5.41, 5.74) is 4.47. The van der Waals surface area contributed by atoms with Crippen molar-refractivity contribution in [3.05, 3.63) is 59.7 Å². The quantitative estimate of drug-likeness (QED) is 0.540. The third kappa shape index (κ3) is 5.01. The molecule has 2 aliphatic rings. The SMILES string of the molecule is CC#CCC(NC(=O)C(NC(=O)OCC1c2ccccc2-c2ccccc21)C1CC1)C(=O)O. The minimum atomic E-state index is -1.17. The number of aliphatic carboxylic acids is 1. The first-order chi connectivity index (χ1) is 16.0. The molecule has 170 valence electrons. The van der Waals surface area contributed by atoms with Crippen LogP contribution in [0.3, 0.4) is 0 Å². The molecular formula is C26H26N2O5. The predicted molar refractivity (Wildman–Crippen MR) is 122 cm³/mol. The lowest BCUT2D eigenvalue weighted by molar-refractivity contribution is -0.142. The molecule has 0 aromatic heterocycles. The van der Waals surface area contributed by atoms with Crippen LogP contribution in [0, 0.1) is 17.8 Å². The van der Waals surface area contributed by atoms with Gasteiger partial charge in [0.1, 0.15) is 18.7 Å². The van der Waals surface area contributed by atoms with Gasteiger partial charge < -0.3 is 20.5 Å². The highest BCUT2D eigenvalue weighted by molar-refractivity contribution is 5.90. The molecular weight excluding hydrogens is 420 g/mol. The molecule has 2 aliphatic carbocycles. The second-order valence-corrected chi connectivity index (χ2v) is 8.32. The molecule has 7 nitrogen and oxygen atoms in total. The first-order valence-corrected chi connectivity index (χ1v) is 11.0. The van der Waals surface area contributed by atoms with Gasteiger partial charge in [0.05, 0.1) is 0 Å². The van der Waals surface area contributed by atoms with Gasteiger partial charge in [-0.05, 0) is 47.9 Å². The Morgan fingerprint density at radius 3 is 2.18 bits per heavy atom. The normalized spacial score (nSPS) is 15.8. The number of alkyl carbamates (subject to hydrolysis) is 1. The molecule has 2 atom stereocenters. The van der Waals surface area contributed by atoms with Crippen LogP contribution in [-0.2, 0) is 14.3 Å². The van der Waals surface area contributed by atoms with Crippen LogP contribution >= 0.6 is 0 Å². The van der Waals surface area contributed by atoms with Crippen LogP contribution in [0.15, 0.2) is 48.5 Å². The molecule has 1 saturated carbocycles. The number of amides is 2. The van der Waals surface area contributed by atoms with E-state index in [0.29, 0.717) is 0 Å². The van der Waals surface area contributed by atoms with Gasteiger partial charge in [-0.3, -0.25) is 4.79 Å². The summed E-state index contributed by atoms with van der Waals surface area (Å²) >= 11 is 0. The molecule has 0 saturated heterocycles. The topological polar surface area (TPSA) is 105 Å². The Bertz CT molecular complexity index is 1080. The summed E-state index contributed by atoms with van der Waals surface area (Å²) in [4.78, 5) is 36.8. The van der Waals surface area contributed by atoms with Crippen molar-refractivity contribution in [3.8, 4) is 23.0 Å². The number of carboxylic acids is 1. The largest absolute Gasteiger partial charge is 0.480 e. The number of ether oxygens (including phenoxy) is 1. The van der Waals surface area contributed by atoms with E-state index in [1.54, 1.807) is 6.92 Å². The van der Waals surface area contributed by atoms with Crippen LogP contribution < -0.4 is 10.6 Å². The molecule has 7 heteroatoms. The van der Waals surface area contributed by atoms with Crippen molar-refractivity contribution in [2.75, 3.05) is 6.61 Å². The number of fused-ring (bicyclic) bond motifs is 3. The summed E-state index contributed by atoms with van der Waals surface area (Å²) in [5, 5.41) is 14.5. The lowest BCUT2D eigenvalue weighted by Crippen LogP contribution is -2.52. The average molecular weight is 447 g/mol. The van der Waals surface area contributed by atoms with E-state index in [-0.39, 0.29) is 24.9 Å². The summed E-state index contributed by atoms with van der Waals surface area (Å²) in [7, 11) is 0. The molecule has 2 aromatic rings. The van der Waals surface area contributed by atoms with Gasteiger partial charge in [0, 0.05) is 12.3 Å². The number of benzene rings is 2. The Kier molecular flexibility index (Phi) is 6.64. The Hall–Kier alpha value is -3.79. The zero-order valence-electron chi connectivity index (χ0n) is 18.3. The van der Waals surface area contributed by atoms with Crippen LogP contribution in [0.1, 0.15) is 43.2 Å². The number of hydrogen-bond donors (Lipinski definition) is 3. The van der Waals surface area contributed by atoms with Gasteiger partial charge in [0.15, 0.2) is 0 Å². The minimum Gasteiger partial charge on any atom is -0.480 e. The second-order valence-electron chi connectivity index (χ2n) is 8.32. The number of carbonyl (C=O) groups is 3. The fourth-order valence-electron chi connectivity index (χ4n) is 4.26. The monoisotopic (exact) mass is 446 g/mol. The van der Waals surface area contributed by atoms with Crippen molar-refractivity contribution in [1.82, 2.24) is 10.6 Å². The zero-order valence-corrected chi connectivity index (χ0v) is 18.3. The molecule has 0 bridgehead atoms. The number of nitrogens with one attached hydrogen (secondary N) is 2. The highest BCUT2D eigenvalue weighted by Crippen LogP contribution is 2.44. The smallest absolute Gasteiger partial charge is 0.407 e. The predicted octanol–water partition coefficient (Wildman–Crippen LogP) is 3.29. The average Bonchev–Trinajstić information content (AvgIpc) is 3.61. The Morgan fingerprint density at radius 1 is 1.03 bits per heavy atom. The highest BCUT2D eigenvalue weighted by atomic mass is 16.5. The first-order valence-electron chi connectivity index (χ1n) is 11.0. The van der Waals surface area contributed by atoms with E-state index >= 15 is 0 Å². The summed E-state index contributed by atoms with van der Waals surface area (Å²) in [5.74, 6) is 3.49. The van der Waals surface area contributed by atoms with E-state index in [1.807, 2.05) is 36.4 Å². The molecule has 0 aliphatic heterocycles. The summed E-state index contributed by atoms with van der Waals surface area (Å²) in [6.45, 7) is 1.75. The van der Waals surface area contributed by atoms with E-state index in [4.69, 9.17) is 4.74 Å². The van der Waals surface area contributed by atoms with Crippen molar-refractivity contribution in [1.29, 1.82) is 0 Å². The maximum Gasteiger partial charge on any atom is 0.407 e. The van der Waals surface area contributed by atoms with Gasteiger partial charge in [-0.25, -0.2) is 9.59 Å². The van der Waals surface area contributed by atoms with Gasteiger partial charge in [-0.1, -0.05) is 48.5 Å².